The zero-order valence-electron chi connectivity index (χ0n) is 14.9. The van der Waals surface area contributed by atoms with Gasteiger partial charge in [-0.2, -0.15) is 0 Å². The van der Waals surface area contributed by atoms with Crippen molar-refractivity contribution in [2.24, 2.45) is 23.2 Å². The maximum atomic E-state index is 12.9. The second kappa shape index (κ2) is 6.22. The first-order chi connectivity index (χ1) is 13.1. The fourth-order valence-corrected chi connectivity index (χ4v) is 4.83. The lowest BCUT2D eigenvalue weighted by molar-refractivity contribution is 0.0939. The number of benzene rings is 1. The van der Waals surface area contributed by atoms with E-state index in [-0.39, 0.29) is 24.0 Å². The minimum Gasteiger partial charge on any atom is -0.484 e. The molecule has 2 aromatic rings. The molecule has 2 bridgehead atoms. The molecule has 2 saturated carbocycles. The van der Waals surface area contributed by atoms with E-state index < -0.39 is 0 Å². The van der Waals surface area contributed by atoms with Gasteiger partial charge in [0.15, 0.2) is 12.3 Å². The number of halogens is 1. The molecule has 140 valence electrons. The standard InChI is InChI=1S/C21H21FN2O3/c22-15-2-4-16(5-3-15)26-12-19-24-18(11-27-19)20(25)23-10-13-9-14-1-6-17(13)21(14)7-8-21/h1-6,11,13-14,17H,7-10,12H2,(H,23,25)/t13-,14-,17-/m0/s1. The number of rotatable bonds is 6. The number of oxazole rings is 1. The number of carbonyl (C=O) groups excluding carboxylic acids is 1. The molecule has 1 spiro atoms. The Hall–Kier alpha value is -2.63. The zero-order chi connectivity index (χ0) is 18.4. The van der Waals surface area contributed by atoms with Crippen LogP contribution in [0.2, 0.25) is 0 Å². The van der Waals surface area contributed by atoms with E-state index in [1.165, 1.54) is 49.8 Å². The topological polar surface area (TPSA) is 64.4 Å². The third-order valence-electron chi connectivity index (χ3n) is 6.33. The second-order valence-electron chi connectivity index (χ2n) is 7.83. The first-order valence-electron chi connectivity index (χ1n) is 9.43. The summed E-state index contributed by atoms with van der Waals surface area (Å²) in [4.78, 5) is 16.6. The number of nitrogens with zero attached hydrogens (tertiary/aromatic N) is 1. The maximum absolute atomic E-state index is 12.9. The third-order valence-corrected chi connectivity index (χ3v) is 6.33. The molecule has 1 amide bonds. The molecule has 3 aliphatic carbocycles. The van der Waals surface area contributed by atoms with Crippen molar-refractivity contribution in [1.29, 1.82) is 0 Å². The van der Waals surface area contributed by atoms with Crippen LogP contribution in [0.5, 0.6) is 5.75 Å². The molecule has 0 saturated heterocycles. The number of carbonyl (C=O) groups is 1. The Balaban J connectivity index is 1.14. The largest absolute Gasteiger partial charge is 0.484 e. The van der Waals surface area contributed by atoms with Gasteiger partial charge in [0.1, 0.15) is 17.8 Å². The number of nitrogens with one attached hydrogen (secondary N) is 1. The average molecular weight is 368 g/mol. The summed E-state index contributed by atoms with van der Waals surface area (Å²) in [5, 5.41) is 3.01. The van der Waals surface area contributed by atoms with Crippen molar-refractivity contribution in [2.45, 2.75) is 25.9 Å². The second-order valence-corrected chi connectivity index (χ2v) is 7.83. The Morgan fingerprint density at radius 3 is 2.85 bits per heavy atom. The number of hydrogen-bond acceptors (Lipinski definition) is 4. The minimum absolute atomic E-state index is 0.0820. The van der Waals surface area contributed by atoms with Gasteiger partial charge in [-0.1, -0.05) is 12.2 Å². The molecule has 27 heavy (non-hydrogen) atoms. The Labute approximate surface area is 156 Å². The van der Waals surface area contributed by atoms with E-state index in [4.69, 9.17) is 9.15 Å². The van der Waals surface area contributed by atoms with Crippen LogP contribution in [0.3, 0.4) is 0 Å². The van der Waals surface area contributed by atoms with Crippen LogP contribution < -0.4 is 10.1 Å². The SMILES string of the molecule is O=C(NC[C@@H]1C[C@@H]2C=C[C@@H]1C21CC1)c1coc(COc2ccc(F)cc2)n1. The third kappa shape index (κ3) is 2.93. The van der Waals surface area contributed by atoms with Gasteiger partial charge in [-0.25, -0.2) is 9.37 Å². The Kier molecular flexibility index (Phi) is 3.81. The van der Waals surface area contributed by atoms with Crippen LogP contribution in [0, 0.1) is 29.0 Å². The summed E-state index contributed by atoms with van der Waals surface area (Å²) in [5.41, 5.74) is 0.793. The van der Waals surface area contributed by atoms with E-state index in [0.717, 1.165) is 0 Å². The van der Waals surface area contributed by atoms with E-state index in [1.54, 1.807) is 0 Å². The molecule has 1 aromatic heterocycles. The summed E-state index contributed by atoms with van der Waals surface area (Å²) in [5.74, 6) is 2.15. The molecule has 0 unspecified atom stereocenters. The van der Waals surface area contributed by atoms with Crippen LogP contribution in [-0.2, 0) is 6.61 Å². The molecular formula is C21H21FN2O3. The van der Waals surface area contributed by atoms with E-state index in [1.807, 2.05) is 0 Å². The summed E-state index contributed by atoms with van der Waals surface area (Å²) >= 11 is 0. The molecule has 0 radical (unpaired) electrons. The summed E-state index contributed by atoms with van der Waals surface area (Å²) in [6, 6.07) is 5.70. The van der Waals surface area contributed by atoms with E-state index in [9.17, 15) is 9.18 Å². The van der Waals surface area contributed by atoms with Crippen LogP contribution >= 0.6 is 0 Å². The Morgan fingerprint density at radius 2 is 2.11 bits per heavy atom. The first-order valence-corrected chi connectivity index (χ1v) is 9.43. The quantitative estimate of drug-likeness (QED) is 0.789. The fraction of sp³-hybridized carbons (Fsp3) is 0.429. The van der Waals surface area contributed by atoms with Gasteiger partial charge >= 0.3 is 0 Å². The van der Waals surface area contributed by atoms with Gasteiger partial charge in [0.05, 0.1) is 0 Å². The molecule has 1 heterocycles. The molecular weight excluding hydrogens is 347 g/mol. The molecule has 3 atom stereocenters. The monoisotopic (exact) mass is 368 g/mol. The highest BCUT2D eigenvalue weighted by atomic mass is 19.1. The number of amides is 1. The molecule has 5 rings (SSSR count). The highest BCUT2D eigenvalue weighted by Gasteiger charge is 2.62. The van der Waals surface area contributed by atoms with Crippen molar-refractivity contribution in [3.63, 3.8) is 0 Å². The smallest absolute Gasteiger partial charge is 0.273 e. The molecule has 3 aliphatic rings. The van der Waals surface area contributed by atoms with Crippen molar-refractivity contribution in [3.05, 3.63) is 60.1 Å². The van der Waals surface area contributed by atoms with Crippen molar-refractivity contribution in [3.8, 4) is 5.75 Å². The van der Waals surface area contributed by atoms with Crippen molar-refractivity contribution < 1.29 is 18.3 Å². The highest BCUT2D eigenvalue weighted by Crippen LogP contribution is 2.69. The van der Waals surface area contributed by atoms with Gasteiger partial charge in [-0.05, 0) is 66.7 Å². The van der Waals surface area contributed by atoms with Crippen LogP contribution in [0.1, 0.15) is 35.6 Å². The summed E-state index contributed by atoms with van der Waals surface area (Å²) in [6.45, 7) is 0.763. The van der Waals surface area contributed by atoms with Crippen molar-refractivity contribution in [2.75, 3.05) is 6.54 Å². The van der Waals surface area contributed by atoms with Crippen LogP contribution in [0.15, 0.2) is 47.1 Å². The molecule has 6 heteroatoms. The van der Waals surface area contributed by atoms with Gasteiger partial charge < -0.3 is 14.5 Å². The van der Waals surface area contributed by atoms with Gasteiger partial charge in [-0.15, -0.1) is 0 Å². The van der Waals surface area contributed by atoms with Gasteiger partial charge in [-0.3, -0.25) is 4.79 Å². The summed E-state index contributed by atoms with van der Waals surface area (Å²) in [6.07, 6.45) is 9.93. The molecule has 1 aromatic carbocycles. The average Bonchev–Trinajstić information content (AvgIpc) is 3.09. The number of allylic oxidation sites excluding steroid dienone is 2. The van der Waals surface area contributed by atoms with Gasteiger partial charge in [0, 0.05) is 6.54 Å². The van der Waals surface area contributed by atoms with Crippen molar-refractivity contribution >= 4 is 5.91 Å². The Morgan fingerprint density at radius 1 is 1.30 bits per heavy atom. The maximum Gasteiger partial charge on any atom is 0.273 e. The predicted molar refractivity (Wildman–Crippen MR) is 95.5 cm³/mol. The molecule has 1 N–H and O–H groups in total. The Bertz CT molecular complexity index is 885. The normalized spacial score (nSPS) is 26.5. The lowest BCUT2D eigenvalue weighted by atomic mass is 9.89. The van der Waals surface area contributed by atoms with Crippen LogP contribution in [-0.4, -0.2) is 17.4 Å². The van der Waals surface area contributed by atoms with E-state index >= 15 is 0 Å². The summed E-state index contributed by atoms with van der Waals surface area (Å²) in [7, 11) is 0. The van der Waals surface area contributed by atoms with Gasteiger partial charge in [0.25, 0.3) is 5.91 Å². The van der Waals surface area contributed by atoms with Crippen molar-refractivity contribution in [1.82, 2.24) is 10.3 Å². The zero-order valence-corrected chi connectivity index (χ0v) is 14.9. The molecule has 2 fully saturated rings. The number of aromatic nitrogens is 1. The minimum atomic E-state index is -0.323. The van der Waals surface area contributed by atoms with Gasteiger partial charge in [0.2, 0.25) is 5.89 Å². The summed E-state index contributed by atoms with van der Waals surface area (Å²) < 4.78 is 23.7. The number of hydrogen-bond donors (Lipinski definition) is 1. The highest BCUT2D eigenvalue weighted by molar-refractivity contribution is 5.91. The lowest BCUT2D eigenvalue weighted by Gasteiger charge is -2.19. The predicted octanol–water partition coefficient (Wildman–Crippen LogP) is 3.72. The first kappa shape index (κ1) is 16.5. The molecule has 5 nitrogen and oxygen atoms in total. The van der Waals surface area contributed by atoms with Crippen LogP contribution in [0.4, 0.5) is 4.39 Å². The van der Waals surface area contributed by atoms with E-state index in [0.29, 0.717) is 41.4 Å². The van der Waals surface area contributed by atoms with Crippen LogP contribution in [0.25, 0.3) is 0 Å². The molecule has 0 aliphatic heterocycles. The van der Waals surface area contributed by atoms with E-state index in [2.05, 4.69) is 22.5 Å². The number of ether oxygens (including phenoxy) is 1. The fourth-order valence-electron chi connectivity index (χ4n) is 4.83. The lowest BCUT2D eigenvalue weighted by Crippen LogP contribution is -2.31.